The molecule has 1 atom stereocenters. The van der Waals surface area contributed by atoms with E-state index < -0.39 is 21.1 Å². The topological polar surface area (TPSA) is 113 Å². The number of aryl methyl sites for hydroxylation is 2. The molecule has 10 heteroatoms. The zero-order valence-electron chi connectivity index (χ0n) is 21.0. The van der Waals surface area contributed by atoms with E-state index in [4.69, 9.17) is 9.26 Å². The Kier molecular flexibility index (Phi) is 5.78. The Labute approximate surface area is 209 Å². The second kappa shape index (κ2) is 8.70. The maximum Gasteiger partial charge on any atom is 0.229 e. The number of pyridine rings is 2. The molecular weight excluding hydrogens is 478 g/mol. The highest BCUT2D eigenvalue weighted by Gasteiger charge is 2.31. The summed E-state index contributed by atoms with van der Waals surface area (Å²) in [4.78, 5) is 13.7. The Morgan fingerprint density at radius 3 is 2.44 bits per heavy atom. The van der Waals surface area contributed by atoms with Gasteiger partial charge in [0.05, 0.1) is 52.6 Å². The van der Waals surface area contributed by atoms with Crippen LogP contribution in [0.3, 0.4) is 0 Å². The molecule has 4 aromatic heterocycles. The maximum absolute atomic E-state index is 13.4. The van der Waals surface area contributed by atoms with Crippen molar-refractivity contribution >= 4 is 31.8 Å². The lowest BCUT2D eigenvalue weighted by molar-refractivity contribution is 0.393. The Hall–Kier alpha value is -3.79. The van der Waals surface area contributed by atoms with Crippen LogP contribution in [0.2, 0.25) is 0 Å². The minimum Gasteiger partial charge on any atom is -0.496 e. The molecule has 0 aliphatic heterocycles. The fourth-order valence-electron chi connectivity index (χ4n) is 4.54. The minimum absolute atomic E-state index is 0.00581. The van der Waals surface area contributed by atoms with Gasteiger partial charge in [0, 0.05) is 17.1 Å². The van der Waals surface area contributed by atoms with Crippen LogP contribution >= 0.6 is 0 Å². The molecule has 4 heterocycles. The largest absolute Gasteiger partial charge is 0.496 e. The number of benzene rings is 1. The van der Waals surface area contributed by atoms with Gasteiger partial charge >= 0.3 is 0 Å². The zero-order valence-corrected chi connectivity index (χ0v) is 21.8. The molecule has 5 aromatic rings. The molecule has 0 saturated heterocycles. The van der Waals surface area contributed by atoms with Crippen LogP contribution in [0.5, 0.6) is 5.75 Å². The number of rotatable bonds is 6. The second-order valence-corrected chi connectivity index (χ2v) is 11.4. The average molecular weight is 506 g/mol. The van der Waals surface area contributed by atoms with E-state index in [2.05, 4.69) is 20.1 Å². The number of sulfone groups is 1. The lowest BCUT2D eigenvalue weighted by Crippen LogP contribution is -2.21. The minimum atomic E-state index is -3.72. The SMILES string of the molecule is COc1cc2c(cc1-c1c(C)noc1C)ncc1nc(S(=O)(=O)C(C)C)n([C@H](C)c3ccccn3)c12. The molecular formula is C26H27N5O4S. The third-order valence-corrected chi connectivity index (χ3v) is 8.52. The summed E-state index contributed by atoms with van der Waals surface area (Å²) < 4.78 is 39.8. The lowest BCUT2D eigenvalue weighted by atomic mass is 10.0. The van der Waals surface area contributed by atoms with Gasteiger partial charge in [0.2, 0.25) is 15.0 Å². The molecule has 0 saturated carbocycles. The van der Waals surface area contributed by atoms with Crippen molar-refractivity contribution < 1.29 is 17.7 Å². The fraction of sp³-hybridized carbons (Fsp3) is 0.308. The van der Waals surface area contributed by atoms with Crippen molar-refractivity contribution in [3.8, 4) is 16.9 Å². The van der Waals surface area contributed by atoms with Crippen LogP contribution in [0, 0.1) is 13.8 Å². The predicted molar refractivity (Wildman–Crippen MR) is 137 cm³/mol. The molecule has 0 amide bonds. The summed E-state index contributed by atoms with van der Waals surface area (Å²) in [6, 6.07) is 8.97. The maximum atomic E-state index is 13.4. The van der Waals surface area contributed by atoms with Gasteiger partial charge in [0.25, 0.3) is 0 Å². The summed E-state index contributed by atoms with van der Waals surface area (Å²) in [5.74, 6) is 1.27. The highest BCUT2D eigenvalue weighted by atomic mass is 32.2. The van der Waals surface area contributed by atoms with Gasteiger partial charge in [-0.15, -0.1) is 0 Å². The summed E-state index contributed by atoms with van der Waals surface area (Å²) in [5, 5.41) is 4.14. The van der Waals surface area contributed by atoms with Gasteiger partial charge in [-0.3, -0.25) is 9.97 Å². The molecule has 0 radical (unpaired) electrons. The number of imidazole rings is 1. The van der Waals surface area contributed by atoms with Crippen molar-refractivity contribution in [2.24, 2.45) is 0 Å². The third kappa shape index (κ3) is 3.63. The quantitative estimate of drug-likeness (QED) is 0.315. The van der Waals surface area contributed by atoms with Gasteiger partial charge in [-0.25, -0.2) is 13.4 Å². The number of hydrogen-bond acceptors (Lipinski definition) is 8. The normalized spacial score (nSPS) is 13.1. The van der Waals surface area contributed by atoms with E-state index in [1.807, 2.05) is 51.1 Å². The van der Waals surface area contributed by atoms with E-state index in [1.165, 1.54) is 0 Å². The average Bonchev–Trinajstić information content (AvgIpc) is 3.43. The summed E-state index contributed by atoms with van der Waals surface area (Å²) in [6.07, 6.45) is 3.31. The van der Waals surface area contributed by atoms with E-state index in [0.717, 1.165) is 27.9 Å². The Morgan fingerprint density at radius 1 is 1.06 bits per heavy atom. The van der Waals surface area contributed by atoms with Crippen LogP contribution in [0.1, 0.15) is 44.0 Å². The molecule has 1 aromatic carbocycles. The van der Waals surface area contributed by atoms with Crippen LogP contribution in [0.25, 0.3) is 33.1 Å². The fourth-order valence-corrected chi connectivity index (χ4v) is 5.71. The molecule has 9 nitrogen and oxygen atoms in total. The highest BCUT2D eigenvalue weighted by molar-refractivity contribution is 7.91. The first kappa shape index (κ1) is 23.9. The molecule has 0 spiro atoms. The molecule has 0 unspecified atom stereocenters. The zero-order chi connectivity index (χ0) is 25.8. The van der Waals surface area contributed by atoms with Crippen molar-refractivity contribution in [2.45, 2.75) is 51.1 Å². The van der Waals surface area contributed by atoms with Gasteiger partial charge in [0.1, 0.15) is 17.0 Å². The number of ether oxygens (including phenoxy) is 1. The molecule has 36 heavy (non-hydrogen) atoms. The molecule has 0 bridgehead atoms. The van der Waals surface area contributed by atoms with E-state index in [9.17, 15) is 8.42 Å². The number of fused-ring (bicyclic) bond motifs is 3. The molecule has 0 aliphatic carbocycles. The molecule has 0 fully saturated rings. The summed E-state index contributed by atoms with van der Waals surface area (Å²) in [6.45, 7) is 8.95. The molecule has 0 N–H and O–H groups in total. The smallest absolute Gasteiger partial charge is 0.229 e. The first-order chi connectivity index (χ1) is 17.1. The third-order valence-electron chi connectivity index (χ3n) is 6.49. The van der Waals surface area contributed by atoms with Crippen LogP contribution in [-0.4, -0.2) is 45.5 Å². The van der Waals surface area contributed by atoms with E-state index in [1.54, 1.807) is 37.9 Å². The van der Waals surface area contributed by atoms with Crippen molar-refractivity contribution in [1.29, 1.82) is 0 Å². The van der Waals surface area contributed by atoms with Crippen molar-refractivity contribution in [3.63, 3.8) is 0 Å². The summed E-state index contributed by atoms with van der Waals surface area (Å²) in [5.41, 5.74) is 4.91. The molecule has 5 rings (SSSR count). The van der Waals surface area contributed by atoms with Gasteiger partial charge in [-0.05, 0) is 58.9 Å². The van der Waals surface area contributed by atoms with E-state index >= 15 is 0 Å². The van der Waals surface area contributed by atoms with Gasteiger partial charge in [0.15, 0.2) is 0 Å². The number of aromatic nitrogens is 5. The van der Waals surface area contributed by atoms with Gasteiger partial charge in [-0.2, -0.15) is 0 Å². The highest BCUT2D eigenvalue weighted by Crippen LogP contribution is 2.40. The van der Waals surface area contributed by atoms with Crippen LogP contribution in [-0.2, 0) is 9.84 Å². The number of methoxy groups -OCH3 is 1. The van der Waals surface area contributed by atoms with Crippen LogP contribution in [0.15, 0.2) is 52.4 Å². The Balaban J connectivity index is 1.89. The van der Waals surface area contributed by atoms with Crippen molar-refractivity contribution in [3.05, 3.63) is 59.9 Å². The standard InChI is InChI=1S/C26H27N5O4S/c1-14(2)36(32,33)26-29-22-13-28-21-11-19(24-15(3)30-35-17(24)5)23(34-6)12-18(21)25(22)31(26)16(4)20-9-7-8-10-27-20/h7-14,16H,1-6H3/t16-/m1/s1. The summed E-state index contributed by atoms with van der Waals surface area (Å²) >= 11 is 0. The van der Waals surface area contributed by atoms with Crippen LogP contribution < -0.4 is 4.74 Å². The molecule has 0 aliphatic rings. The Morgan fingerprint density at radius 2 is 1.83 bits per heavy atom. The van der Waals surface area contributed by atoms with Crippen LogP contribution in [0.4, 0.5) is 0 Å². The number of hydrogen-bond donors (Lipinski definition) is 0. The van der Waals surface area contributed by atoms with E-state index in [0.29, 0.717) is 28.1 Å². The van der Waals surface area contributed by atoms with Gasteiger partial charge in [-0.1, -0.05) is 11.2 Å². The first-order valence-corrected chi connectivity index (χ1v) is 13.2. The summed E-state index contributed by atoms with van der Waals surface area (Å²) in [7, 11) is -2.12. The Bertz CT molecular complexity index is 1690. The number of nitrogens with zero attached hydrogens (tertiary/aromatic N) is 5. The van der Waals surface area contributed by atoms with Crippen molar-refractivity contribution in [2.75, 3.05) is 7.11 Å². The van der Waals surface area contributed by atoms with E-state index in [-0.39, 0.29) is 5.16 Å². The second-order valence-electron chi connectivity index (χ2n) is 9.05. The lowest BCUT2D eigenvalue weighted by Gasteiger charge is -2.19. The molecule has 186 valence electrons. The predicted octanol–water partition coefficient (Wildman–Crippen LogP) is 5.05. The van der Waals surface area contributed by atoms with Gasteiger partial charge < -0.3 is 13.8 Å². The monoisotopic (exact) mass is 505 g/mol. The van der Waals surface area contributed by atoms with Crippen molar-refractivity contribution in [1.82, 2.24) is 24.7 Å². The first-order valence-electron chi connectivity index (χ1n) is 11.6.